The third-order valence-electron chi connectivity index (χ3n) is 4.31. The second-order valence-electron chi connectivity index (χ2n) is 6.73. The van der Waals surface area contributed by atoms with Gasteiger partial charge in [0.15, 0.2) is 0 Å². The molecular weight excluding hydrogens is 232 g/mol. The third kappa shape index (κ3) is 8.65. The van der Waals surface area contributed by atoms with Crippen molar-refractivity contribution in [2.45, 2.75) is 65.7 Å². The Balaban J connectivity index is 1.87. The molecule has 0 bridgehead atoms. The van der Waals surface area contributed by atoms with Crippen LogP contribution in [0.3, 0.4) is 0 Å². The van der Waals surface area contributed by atoms with Gasteiger partial charge in [0.2, 0.25) is 0 Å². The Morgan fingerprint density at radius 1 is 1.16 bits per heavy atom. The van der Waals surface area contributed by atoms with Crippen molar-refractivity contribution in [3.63, 3.8) is 0 Å². The Bertz CT molecular complexity index is 203. The lowest BCUT2D eigenvalue weighted by Crippen LogP contribution is -2.35. The molecule has 1 aliphatic rings. The van der Waals surface area contributed by atoms with E-state index >= 15 is 0 Å². The van der Waals surface area contributed by atoms with Crippen LogP contribution >= 0.6 is 0 Å². The zero-order valence-electron chi connectivity index (χ0n) is 13.6. The summed E-state index contributed by atoms with van der Waals surface area (Å²) in [7, 11) is 0. The van der Waals surface area contributed by atoms with E-state index in [-0.39, 0.29) is 0 Å². The van der Waals surface area contributed by atoms with Gasteiger partial charge in [-0.25, -0.2) is 0 Å². The third-order valence-corrected chi connectivity index (χ3v) is 4.31. The number of nitrogens with zero attached hydrogens (tertiary/aromatic N) is 1. The van der Waals surface area contributed by atoms with Gasteiger partial charge in [0.1, 0.15) is 0 Å². The standard InChI is InChI=1S/C17H36N2/c1-4-17-10-9-13-19(15-17)12-8-6-5-7-11-18-14-16(2)3/h16-18H,4-15H2,1-3H3. The van der Waals surface area contributed by atoms with Crippen LogP contribution in [0.25, 0.3) is 0 Å². The zero-order chi connectivity index (χ0) is 13.9. The number of piperidine rings is 1. The van der Waals surface area contributed by atoms with Gasteiger partial charge in [0.05, 0.1) is 0 Å². The van der Waals surface area contributed by atoms with Crippen molar-refractivity contribution in [2.24, 2.45) is 11.8 Å². The van der Waals surface area contributed by atoms with Crippen LogP contribution in [0.4, 0.5) is 0 Å². The number of unbranched alkanes of at least 4 members (excludes halogenated alkanes) is 3. The van der Waals surface area contributed by atoms with Crippen LogP contribution in [-0.4, -0.2) is 37.6 Å². The van der Waals surface area contributed by atoms with Crippen LogP contribution in [0, 0.1) is 11.8 Å². The van der Waals surface area contributed by atoms with E-state index in [1.165, 1.54) is 77.7 Å². The lowest BCUT2D eigenvalue weighted by atomic mass is 9.95. The van der Waals surface area contributed by atoms with Crippen molar-refractivity contribution in [3.8, 4) is 0 Å². The fourth-order valence-electron chi connectivity index (χ4n) is 3.02. The summed E-state index contributed by atoms with van der Waals surface area (Å²) in [6, 6.07) is 0. The van der Waals surface area contributed by atoms with Gasteiger partial charge >= 0.3 is 0 Å². The Kier molecular flexibility index (Phi) is 9.54. The van der Waals surface area contributed by atoms with Crippen LogP contribution in [-0.2, 0) is 0 Å². The molecular formula is C17H36N2. The molecule has 1 N–H and O–H groups in total. The maximum absolute atomic E-state index is 3.53. The fraction of sp³-hybridized carbons (Fsp3) is 1.00. The predicted octanol–water partition coefficient (Wildman–Crippen LogP) is 3.91. The average molecular weight is 268 g/mol. The van der Waals surface area contributed by atoms with Crippen molar-refractivity contribution in [1.29, 1.82) is 0 Å². The minimum Gasteiger partial charge on any atom is -0.316 e. The van der Waals surface area contributed by atoms with Crippen LogP contribution in [0.1, 0.15) is 65.7 Å². The summed E-state index contributed by atoms with van der Waals surface area (Å²) in [5.74, 6) is 1.76. The molecule has 0 aliphatic carbocycles. The van der Waals surface area contributed by atoms with Crippen molar-refractivity contribution in [2.75, 3.05) is 32.7 Å². The first-order valence-electron chi connectivity index (χ1n) is 8.65. The van der Waals surface area contributed by atoms with Crippen LogP contribution in [0.15, 0.2) is 0 Å². The van der Waals surface area contributed by atoms with Gasteiger partial charge in [0.25, 0.3) is 0 Å². The highest BCUT2D eigenvalue weighted by molar-refractivity contribution is 4.71. The first-order chi connectivity index (χ1) is 9.22. The molecule has 19 heavy (non-hydrogen) atoms. The summed E-state index contributed by atoms with van der Waals surface area (Å²) in [5, 5.41) is 3.53. The number of hydrogen-bond acceptors (Lipinski definition) is 2. The molecule has 1 rings (SSSR count). The van der Waals surface area contributed by atoms with Crippen molar-refractivity contribution in [3.05, 3.63) is 0 Å². The van der Waals surface area contributed by atoms with E-state index in [0.717, 1.165) is 11.8 Å². The molecule has 1 saturated heterocycles. The summed E-state index contributed by atoms with van der Waals surface area (Å²) < 4.78 is 0. The number of hydrogen-bond donors (Lipinski definition) is 1. The molecule has 2 heteroatoms. The molecule has 1 unspecified atom stereocenters. The van der Waals surface area contributed by atoms with E-state index in [9.17, 15) is 0 Å². The molecule has 1 aliphatic heterocycles. The van der Waals surface area contributed by atoms with E-state index in [1.54, 1.807) is 0 Å². The maximum atomic E-state index is 3.53. The average Bonchev–Trinajstić information content (AvgIpc) is 2.41. The number of likely N-dealkylation sites (tertiary alicyclic amines) is 1. The zero-order valence-corrected chi connectivity index (χ0v) is 13.6. The highest BCUT2D eigenvalue weighted by Gasteiger charge is 2.17. The Hall–Kier alpha value is -0.0800. The largest absolute Gasteiger partial charge is 0.316 e. The minimum absolute atomic E-state index is 0.783. The minimum atomic E-state index is 0.783. The monoisotopic (exact) mass is 268 g/mol. The molecule has 1 atom stereocenters. The Labute approximate surface area is 121 Å². The maximum Gasteiger partial charge on any atom is 0.000956 e. The molecule has 0 saturated carbocycles. The van der Waals surface area contributed by atoms with Crippen molar-refractivity contribution in [1.82, 2.24) is 10.2 Å². The quantitative estimate of drug-likeness (QED) is 0.604. The summed E-state index contributed by atoms with van der Waals surface area (Å²) in [6.45, 7) is 13.3. The SMILES string of the molecule is CCC1CCCN(CCCCCCNCC(C)C)C1. The molecule has 114 valence electrons. The van der Waals surface area contributed by atoms with Gasteiger partial charge in [-0.3, -0.25) is 0 Å². The Morgan fingerprint density at radius 2 is 1.95 bits per heavy atom. The van der Waals surface area contributed by atoms with E-state index in [2.05, 4.69) is 31.0 Å². The van der Waals surface area contributed by atoms with Gasteiger partial charge in [-0.2, -0.15) is 0 Å². The first kappa shape index (κ1) is 17.0. The molecule has 2 nitrogen and oxygen atoms in total. The van der Waals surface area contributed by atoms with Crippen LogP contribution in [0.2, 0.25) is 0 Å². The van der Waals surface area contributed by atoms with E-state index < -0.39 is 0 Å². The van der Waals surface area contributed by atoms with Crippen molar-refractivity contribution < 1.29 is 0 Å². The molecule has 0 aromatic heterocycles. The number of rotatable bonds is 10. The summed E-state index contributed by atoms with van der Waals surface area (Å²) in [4.78, 5) is 2.70. The highest BCUT2D eigenvalue weighted by atomic mass is 15.1. The van der Waals surface area contributed by atoms with Gasteiger partial charge in [-0.1, -0.05) is 40.0 Å². The lowest BCUT2D eigenvalue weighted by molar-refractivity contribution is 0.169. The first-order valence-corrected chi connectivity index (χ1v) is 8.65. The van der Waals surface area contributed by atoms with Crippen LogP contribution < -0.4 is 5.32 Å². The molecule has 0 aromatic carbocycles. The summed E-state index contributed by atoms with van der Waals surface area (Å²) in [5.41, 5.74) is 0. The fourth-order valence-corrected chi connectivity index (χ4v) is 3.02. The topological polar surface area (TPSA) is 15.3 Å². The van der Waals surface area contributed by atoms with E-state index in [1.807, 2.05) is 0 Å². The molecule has 0 amide bonds. The molecule has 1 heterocycles. The number of nitrogens with one attached hydrogen (secondary N) is 1. The second kappa shape index (κ2) is 10.7. The second-order valence-corrected chi connectivity index (χ2v) is 6.73. The van der Waals surface area contributed by atoms with Crippen molar-refractivity contribution >= 4 is 0 Å². The summed E-state index contributed by atoms with van der Waals surface area (Å²) in [6.07, 6.45) is 9.84. The molecule has 0 aromatic rings. The molecule has 1 fully saturated rings. The molecule has 0 radical (unpaired) electrons. The van der Waals surface area contributed by atoms with Gasteiger partial charge < -0.3 is 10.2 Å². The van der Waals surface area contributed by atoms with Gasteiger partial charge in [-0.15, -0.1) is 0 Å². The highest BCUT2D eigenvalue weighted by Crippen LogP contribution is 2.19. The van der Waals surface area contributed by atoms with Gasteiger partial charge in [0, 0.05) is 6.54 Å². The van der Waals surface area contributed by atoms with Crippen LogP contribution in [0.5, 0.6) is 0 Å². The van der Waals surface area contributed by atoms with Gasteiger partial charge in [-0.05, 0) is 63.7 Å². The smallest absolute Gasteiger partial charge is 0.000956 e. The lowest BCUT2D eigenvalue weighted by Gasteiger charge is -2.32. The normalized spacial score (nSPS) is 21.2. The molecule has 0 spiro atoms. The summed E-state index contributed by atoms with van der Waals surface area (Å²) >= 11 is 0. The Morgan fingerprint density at radius 3 is 2.68 bits per heavy atom. The van der Waals surface area contributed by atoms with E-state index in [0.29, 0.717) is 0 Å². The predicted molar refractivity (Wildman–Crippen MR) is 85.6 cm³/mol. The van der Waals surface area contributed by atoms with E-state index in [4.69, 9.17) is 0 Å².